The number of halogens is 2. The summed E-state index contributed by atoms with van der Waals surface area (Å²) in [4.78, 5) is 0. The van der Waals surface area contributed by atoms with Crippen LogP contribution in [0.4, 0.5) is 4.39 Å². The Balaban J connectivity index is 3.35. The second kappa shape index (κ2) is 3.76. The lowest BCUT2D eigenvalue weighted by molar-refractivity contribution is 0.597. The van der Waals surface area contributed by atoms with E-state index < -0.39 is 5.92 Å². The SMILES string of the molecule is Cc1ccc(Cl)c(C(C)C#N)c1F. The van der Waals surface area contributed by atoms with Crippen molar-refractivity contribution in [3.05, 3.63) is 34.1 Å². The average Bonchev–Trinajstić information content (AvgIpc) is 2.12. The normalized spacial score (nSPS) is 12.2. The molecule has 68 valence electrons. The largest absolute Gasteiger partial charge is 0.206 e. The summed E-state index contributed by atoms with van der Waals surface area (Å²) >= 11 is 5.78. The molecule has 0 saturated heterocycles. The molecule has 0 saturated carbocycles. The van der Waals surface area contributed by atoms with E-state index in [4.69, 9.17) is 16.9 Å². The van der Waals surface area contributed by atoms with Gasteiger partial charge in [0.25, 0.3) is 0 Å². The molecule has 1 aromatic rings. The lowest BCUT2D eigenvalue weighted by Crippen LogP contribution is -1.98. The molecule has 1 unspecified atom stereocenters. The molecule has 0 fully saturated rings. The minimum atomic E-state index is -0.507. The topological polar surface area (TPSA) is 23.8 Å². The van der Waals surface area contributed by atoms with E-state index in [-0.39, 0.29) is 5.82 Å². The van der Waals surface area contributed by atoms with Crippen LogP contribution in [-0.2, 0) is 0 Å². The highest BCUT2D eigenvalue weighted by Gasteiger charge is 2.15. The molecule has 13 heavy (non-hydrogen) atoms. The monoisotopic (exact) mass is 197 g/mol. The number of rotatable bonds is 1. The Morgan fingerprint density at radius 1 is 1.54 bits per heavy atom. The number of hydrogen-bond acceptors (Lipinski definition) is 1. The maximum absolute atomic E-state index is 13.5. The maximum atomic E-state index is 13.5. The molecule has 1 aromatic carbocycles. The summed E-state index contributed by atoms with van der Waals surface area (Å²) < 4.78 is 13.5. The molecule has 3 heteroatoms. The van der Waals surface area contributed by atoms with Gasteiger partial charge in [0, 0.05) is 10.6 Å². The first-order chi connectivity index (χ1) is 6.07. The minimum absolute atomic E-state index is 0.296. The predicted molar refractivity (Wildman–Crippen MR) is 50.2 cm³/mol. The lowest BCUT2D eigenvalue weighted by atomic mass is 10.00. The van der Waals surface area contributed by atoms with Crippen LogP contribution in [0.2, 0.25) is 5.02 Å². The fourth-order valence-electron chi connectivity index (χ4n) is 1.14. The van der Waals surface area contributed by atoms with E-state index in [1.54, 1.807) is 26.0 Å². The summed E-state index contributed by atoms with van der Waals surface area (Å²) in [5.41, 5.74) is 0.811. The van der Waals surface area contributed by atoms with Crippen LogP contribution >= 0.6 is 11.6 Å². The highest BCUT2D eigenvalue weighted by Crippen LogP contribution is 2.28. The van der Waals surface area contributed by atoms with Gasteiger partial charge in [-0.05, 0) is 25.5 Å². The average molecular weight is 198 g/mol. The number of hydrogen-bond donors (Lipinski definition) is 0. The van der Waals surface area contributed by atoms with Crippen LogP contribution in [0.15, 0.2) is 12.1 Å². The first-order valence-electron chi connectivity index (χ1n) is 3.92. The molecule has 0 aliphatic carbocycles. The fourth-order valence-corrected chi connectivity index (χ4v) is 1.45. The molecule has 1 rings (SSSR count). The van der Waals surface area contributed by atoms with E-state index in [0.29, 0.717) is 16.1 Å². The summed E-state index contributed by atoms with van der Waals surface area (Å²) in [6.07, 6.45) is 0. The molecule has 1 atom stereocenters. The van der Waals surface area contributed by atoms with Gasteiger partial charge in [0.2, 0.25) is 0 Å². The summed E-state index contributed by atoms with van der Waals surface area (Å²) in [5, 5.41) is 8.97. The number of nitriles is 1. The molecule has 0 aliphatic rings. The molecule has 0 radical (unpaired) electrons. The van der Waals surface area contributed by atoms with Crippen LogP contribution < -0.4 is 0 Å². The van der Waals surface area contributed by atoms with Gasteiger partial charge in [0.05, 0.1) is 12.0 Å². The van der Waals surface area contributed by atoms with E-state index >= 15 is 0 Å². The van der Waals surface area contributed by atoms with E-state index in [9.17, 15) is 4.39 Å². The smallest absolute Gasteiger partial charge is 0.132 e. The summed E-state index contributed by atoms with van der Waals surface area (Å²) in [7, 11) is 0. The van der Waals surface area contributed by atoms with Crippen LogP contribution in [0.25, 0.3) is 0 Å². The predicted octanol–water partition coefficient (Wildman–Crippen LogP) is 3.41. The Kier molecular flexibility index (Phi) is 2.90. The highest BCUT2D eigenvalue weighted by atomic mass is 35.5. The molecular weight excluding hydrogens is 189 g/mol. The standard InChI is InChI=1S/C10H9ClFN/c1-6-3-4-8(11)9(10(6)12)7(2)5-13/h3-4,7H,1-2H3. The number of aryl methyl sites for hydroxylation is 1. The van der Waals surface area contributed by atoms with Gasteiger partial charge in [0.1, 0.15) is 5.82 Å². The van der Waals surface area contributed by atoms with Crippen molar-refractivity contribution >= 4 is 11.6 Å². The van der Waals surface area contributed by atoms with Crippen LogP contribution in [-0.4, -0.2) is 0 Å². The zero-order valence-electron chi connectivity index (χ0n) is 7.44. The Bertz CT molecular complexity index is 368. The molecule has 0 heterocycles. The van der Waals surface area contributed by atoms with Crippen LogP contribution in [0.5, 0.6) is 0 Å². The molecule has 0 aromatic heterocycles. The molecular formula is C10H9ClFN. The maximum Gasteiger partial charge on any atom is 0.132 e. The summed E-state index contributed by atoms with van der Waals surface area (Å²) in [6.45, 7) is 3.28. The first-order valence-corrected chi connectivity index (χ1v) is 4.29. The number of nitrogens with zero attached hydrogens (tertiary/aromatic N) is 1. The zero-order chi connectivity index (χ0) is 10.0. The quantitative estimate of drug-likeness (QED) is 0.677. The van der Waals surface area contributed by atoms with E-state index in [0.717, 1.165) is 0 Å². The van der Waals surface area contributed by atoms with Gasteiger partial charge < -0.3 is 0 Å². The minimum Gasteiger partial charge on any atom is -0.206 e. The molecule has 0 aliphatic heterocycles. The van der Waals surface area contributed by atoms with Crippen molar-refractivity contribution in [3.8, 4) is 6.07 Å². The lowest BCUT2D eigenvalue weighted by Gasteiger charge is -2.08. The van der Waals surface area contributed by atoms with Gasteiger partial charge in [0.15, 0.2) is 0 Å². The van der Waals surface area contributed by atoms with Crippen LogP contribution in [0.3, 0.4) is 0 Å². The second-order valence-corrected chi connectivity index (χ2v) is 3.35. The van der Waals surface area contributed by atoms with Gasteiger partial charge in [-0.1, -0.05) is 17.7 Å². The van der Waals surface area contributed by atoms with Gasteiger partial charge >= 0.3 is 0 Å². The summed E-state index contributed by atoms with van der Waals surface area (Å²) in [6, 6.07) is 5.18. The van der Waals surface area contributed by atoms with Gasteiger partial charge in [-0.15, -0.1) is 0 Å². The van der Waals surface area contributed by atoms with E-state index in [2.05, 4.69) is 0 Å². The van der Waals surface area contributed by atoms with Crippen molar-refractivity contribution < 1.29 is 4.39 Å². The molecule has 0 spiro atoms. The third-order valence-corrected chi connectivity index (χ3v) is 2.28. The molecule has 1 nitrogen and oxygen atoms in total. The van der Waals surface area contributed by atoms with Crippen molar-refractivity contribution in [1.29, 1.82) is 5.26 Å². The van der Waals surface area contributed by atoms with E-state index in [1.807, 2.05) is 6.07 Å². The van der Waals surface area contributed by atoms with Crippen molar-refractivity contribution in [2.45, 2.75) is 19.8 Å². The molecule has 0 N–H and O–H groups in total. The van der Waals surface area contributed by atoms with Gasteiger partial charge in [-0.3, -0.25) is 0 Å². The van der Waals surface area contributed by atoms with Crippen LogP contribution in [0.1, 0.15) is 24.0 Å². The summed E-state index contributed by atoms with van der Waals surface area (Å²) in [5.74, 6) is -0.881. The number of benzene rings is 1. The fraction of sp³-hybridized carbons (Fsp3) is 0.300. The molecule has 0 amide bonds. The Morgan fingerprint density at radius 3 is 2.69 bits per heavy atom. The Labute approximate surface area is 81.8 Å². The third-order valence-electron chi connectivity index (χ3n) is 1.95. The third kappa shape index (κ3) is 1.81. The highest BCUT2D eigenvalue weighted by molar-refractivity contribution is 6.31. The first kappa shape index (κ1) is 10.0. The van der Waals surface area contributed by atoms with Crippen LogP contribution in [0, 0.1) is 24.1 Å². The van der Waals surface area contributed by atoms with Crippen molar-refractivity contribution in [1.82, 2.24) is 0 Å². The van der Waals surface area contributed by atoms with Crippen molar-refractivity contribution in [2.24, 2.45) is 0 Å². The Morgan fingerprint density at radius 2 is 2.15 bits per heavy atom. The Hall–Kier alpha value is -1.07. The molecule has 0 bridgehead atoms. The van der Waals surface area contributed by atoms with Gasteiger partial charge in [-0.2, -0.15) is 5.26 Å². The second-order valence-electron chi connectivity index (χ2n) is 2.94. The van der Waals surface area contributed by atoms with Crippen molar-refractivity contribution in [3.63, 3.8) is 0 Å². The van der Waals surface area contributed by atoms with Gasteiger partial charge in [-0.25, -0.2) is 4.39 Å². The van der Waals surface area contributed by atoms with Crippen molar-refractivity contribution in [2.75, 3.05) is 0 Å². The van der Waals surface area contributed by atoms with E-state index in [1.165, 1.54) is 0 Å². The zero-order valence-corrected chi connectivity index (χ0v) is 8.19.